The number of hydrogen-bond donors (Lipinski definition) is 4. The van der Waals surface area contributed by atoms with E-state index < -0.39 is 23.5 Å². The Morgan fingerprint density at radius 1 is 1.12 bits per heavy atom. The van der Waals surface area contributed by atoms with Gasteiger partial charge >= 0.3 is 0 Å². The fourth-order valence-electron chi connectivity index (χ4n) is 3.77. The Balaban J connectivity index is 2.29. The lowest BCUT2D eigenvalue weighted by Crippen LogP contribution is -2.55. The average Bonchev–Trinajstić information content (AvgIpc) is 2.79. The molecule has 4 N–H and O–H groups in total. The van der Waals surface area contributed by atoms with E-state index in [4.69, 9.17) is 14.8 Å². The molecule has 10 heteroatoms. The van der Waals surface area contributed by atoms with E-state index in [2.05, 4.69) is 20.6 Å². The third-order valence-corrected chi connectivity index (χ3v) is 5.52. The minimum Gasteiger partial charge on any atom is -0.370 e. The van der Waals surface area contributed by atoms with Crippen LogP contribution in [0.2, 0.25) is 0 Å². The highest BCUT2D eigenvalue weighted by atomic mass is 16.8. The minimum absolute atomic E-state index is 0.0854. The van der Waals surface area contributed by atoms with Crippen molar-refractivity contribution in [2.75, 3.05) is 13.7 Å². The molecule has 34 heavy (non-hydrogen) atoms. The van der Waals surface area contributed by atoms with Crippen LogP contribution < -0.4 is 16.3 Å². The zero-order valence-corrected chi connectivity index (χ0v) is 20.8. The van der Waals surface area contributed by atoms with Crippen molar-refractivity contribution in [2.24, 2.45) is 17.3 Å². The van der Waals surface area contributed by atoms with Crippen molar-refractivity contribution in [3.05, 3.63) is 36.2 Å². The fourth-order valence-corrected chi connectivity index (χ4v) is 3.77. The number of para-hydroxylation sites is 1. The summed E-state index contributed by atoms with van der Waals surface area (Å²) < 4.78 is 6.17. The van der Waals surface area contributed by atoms with Crippen LogP contribution in [0.1, 0.15) is 46.6 Å². The van der Waals surface area contributed by atoms with Gasteiger partial charge < -0.3 is 15.4 Å². The van der Waals surface area contributed by atoms with E-state index in [-0.39, 0.29) is 30.9 Å². The number of hydrogen-bond acceptors (Lipinski definition) is 8. The molecular weight excluding hydrogens is 438 g/mol. The van der Waals surface area contributed by atoms with Crippen LogP contribution in [0.3, 0.4) is 0 Å². The Labute approximate surface area is 200 Å². The van der Waals surface area contributed by atoms with Crippen LogP contribution in [0.15, 0.2) is 30.6 Å². The number of aromatic nitrogens is 2. The fraction of sp³-hybridized carbons (Fsp3) is 0.583. The van der Waals surface area contributed by atoms with E-state index >= 15 is 0 Å². The van der Waals surface area contributed by atoms with Crippen LogP contribution >= 0.6 is 0 Å². The maximum atomic E-state index is 13.5. The Bertz CT molecular complexity index is 941. The Morgan fingerprint density at radius 2 is 1.82 bits per heavy atom. The number of benzene rings is 1. The van der Waals surface area contributed by atoms with Crippen LogP contribution in [-0.4, -0.2) is 52.8 Å². The topological polar surface area (TPSA) is 135 Å². The van der Waals surface area contributed by atoms with Gasteiger partial charge in [0.2, 0.25) is 11.8 Å². The Kier molecular flexibility index (Phi) is 10.3. The number of carbonyl (C=O) groups excluding carboxylic acids is 2. The molecule has 3 unspecified atom stereocenters. The molecule has 0 aliphatic heterocycles. The van der Waals surface area contributed by atoms with Gasteiger partial charge in [-0.15, -0.1) is 0 Å². The molecule has 3 atom stereocenters. The van der Waals surface area contributed by atoms with Crippen molar-refractivity contribution in [3.8, 4) is 0 Å². The predicted octanol–water partition coefficient (Wildman–Crippen LogP) is 2.36. The first-order valence-electron chi connectivity index (χ1n) is 11.4. The first kappa shape index (κ1) is 27.6. The largest absolute Gasteiger partial charge is 0.370 e. The SMILES string of the molecule is CNC(=O)C(NC(=O)C(CC(C)C)C(CONO)OCc1cccc2nccnc12)C(C)(C)C. The van der Waals surface area contributed by atoms with Crippen molar-refractivity contribution < 1.29 is 24.4 Å². The highest BCUT2D eigenvalue weighted by Crippen LogP contribution is 2.25. The summed E-state index contributed by atoms with van der Waals surface area (Å²) in [6, 6.07) is 4.89. The van der Waals surface area contributed by atoms with E-state index in [9.17, 15) is 9.59 Å². The normalized spacial score (nSPS) is 14.6. The Hall–Kier alpha value is -2.66. The molecule has 1 heterocycles. The van der Waals surface area contributed by atoms with Gasteiger partial charge in [0.1, 0.15) is 6.04 Å². The summed E-state index contributed by atoms with van der Waals surface area (Å²) in [6.45, 7) is 9.75. The maximum absolute atomic E-state index is 13.5. The van der Waals surface area contributed by atoms with Crippen LogP contribution in [-0.2, 0) is 25.8 Å². The molecule has 2 aromatic rings. The van der Waals surface area contributed by atoms with Gasteiger partial charge in [-0.05, 0) is 23.8 Å². The van der Waals surface area contributed by atoms with Gasteiger partial charge in [0, 0.05) is 25.0 Å². The van der Waals surface area contributed by atoms with Crippen LogP contribution in [0.4, 0.5) is 0 Å². The van der Waals surface area contributed by atoms with E-state index in [1.165, 1.54) is 0 Å². The quantitative estimate of drug-likeness (QED) is 0.344. The second-order valence-corrected chi connectivity index (χ2v) is 9.75. The highest BCUT2D eigenvalue weighted by molar-refractivity contribution is 5.89. The third kappa shape index (κ3) is 7.69. The smallest absolute Gasteiger partial charge is 0.242 e. The molecule has 188 valence electrons. The lowest BCUT2D eigenvalue weighted by molar-refractivity contribution is -0.170. The lowest BCUT2D eigenvalue weighted by Gasteiger charge is -2.33. The summed E-state index contributed by atoms with van der Waals surface area (Å²) in [4.78, 5) is 39.7. The van der Waals surface area contributed by atoms with Gasteiger partial charge in [0.25, 0.3) is 0 Å². The number of nitrogens with zero attached hydrogens (tertiary/aromatic N) is 2. The van der Waals surface area contributed by atoms with Gasteiger partial charge in [0.05, 0.1) is 36.3 Å². The van der Waals surface area contributed by atoms with Gasteiger partial charge in [-0.1, -0.05) is 52.4 Å². The summed E-state index contributed by atoms with van der Waals surface area (Å²) >= 11 is 0. The molecule has 2 amide bonds. The molecule has 2 rings (SSSR count). The highest BCUT2D eigenvalue weighted by Gasteiger charge is 2.37. The number of carbonyl (C=O) groups is 2. The van der Waals surface area contributed by atoms with Gasteiger partial charge in [0.15, 0.2) is 0 Å². The number of fused-ring (bicyclic) bond motifs is 1. The van der Waals surface area contributed by atoms with Gasteiger partial charge in [-0.2, -0.15) is 0 Å². The number of likely N-dealkylation sites (N-methyl/N-ethyl adjacent to an activating group) is 1. The molecule has 1 aromatic carbocycles. The number of ether oxygens (including phenoxy) is 1. The number of nitrogens with one attached hydrogen (secondary N) is 3. The van der Waals surface area contributed by atoms with Gasteiger partial charge in [-0.25, -0.2) is 0 Å². The van der Waals surface area contributed by atoms with Crippen LogP contribution in [0, 0.1) is 17.3 Å². The molecule has 0 spiro atoms. The predicted molar refractivity (Wildman–Crippen MR) is 127 cm³/mol. The monoisotopic (exact) mass is 475 g/mol. The standard InChI is InChI=1S/C24H37N5O5/c1-15(2)12-17(22(30)28-21(23(31)25-6)24(3,4)5)19(14-34-29-32)33-13-16-8-7-9-18-20(16)27-11-10-26-18/h7-11,15,17,19,21,29,32H,12-14H2,1-6H3,(H,25,31)(H,28,30). The zero-order chi connectivity index (χ0) is 25.3. The summed E-state index contributed by atoms with van der Waals surface area (Å²) in [5, 5.41) is 14.5. The Morgan fingerprint density at radius 3 is 2.44 bits per heavy atom. The molecule has 1 aromatic heterocycles. The molecule has 0 saturated carbocycles. The summed E-state index contributed by atoms with van der Waals surface area (Å²) in [6.07, 6.45) is 3.02. The second kappa shape index (κ2) is 12.7. The van der Waals surface area contributed by atoms with E-state index in [0.717, 1.165) is 11.1 Å². The number of amides is 2. The summed E-state index contributed by atoms with van der Waals surface area (Å²) in [5.74, 6) is -1.06. The molecule has 0 bridgehead atoms. The molecule has 0 radical (unpaired) electrons. The van der Waals surface area contributed by atoms with Crippen molar-refractivity contribution in [2.45, 2.75) is 59.8 Å². The van der Waals surface area contributed by atoms with Gasteiger partial charge in [-0.3, -0.25) is 29.6 Å². The first-order chi connectivity index (χ1) is 16.1. The number of rotatable bonds is 12. The molecule has 10 nitrogen and oxygen atoms in total. The maximum Gasteiger partial charge on any atom is 0.242 e. The molecule has 0 fully saturated rings. The third-order valence-electron chi connectivity index (χ3n) is 5.52. The first-order valence-corrected chi connectivity index (χ1v) is 11.4. The van der Waals surface area contributed by atoms with E-state index in [1.807, 2.05) is 52.8 Å². The molecule has 0 saturated heterocycles. The molecule has 0 aliphatic rings. The zero-order valence-electron chi connectivity index (χ0n) is 20.8. The van der Waals surface area contributed by atoms with Crippen LogP contribution in [0.5, 0.6) is 0 Å². The van der Waals surface area contributed by atoms with E-state index in [0.29, 0.717) is 11.9 Å². The molecule has 0 aliphatic carbocycles. The van der Waals surface area contributed by atoms with Crippen molar-refractivity contribution in [3.63, 3.8) is 0 Å². The van der Waals surface area contributed by atoms with E-state index in [1.54, 1.807) is 25.1 Å². The van der Waals surface area contributed by atoms with Crippen LogP contribution in [0.25, 0.3) is 11.0 Å². The van der Waals surface area contributed by atoms with Crippen molar-refractivity contribution in [1.82, 2.24) is 26.2 Å². The summed E-state index contributed by atoms with van der Waals surface area (Å²) in [5.41, 5.74) is 3.43. The summed E-state index contributed by atoms with van der Waals surface area (Å²) in [7, 11) is 1.54. The average molecular weight is 476 g/mol. The minimum atomic E-state index is -0.731. The lowest BCUT2D eigenvalue weighted by atomic mass is 9.84. The molecular formula is C24H37N5O5. The second-order valence-electron chi connectivity index (χ2n) is 9.75. The van der Waals surface area contributed by atoms with Crippen molar-refractivity contribution in [1.29, 1.82) is 0 Å². The van der Waals surface area contributed by atoms with Crippen molar-refractivity contribution >= 4 is 22.8 Å².